The number of pyridine rings is 1. The van der Waals surface area contributed by atoms with Crippen molar-refractivity contribution in [2.75, 3.05) is 32.3 Å². The highest BCUT2D eigenvalue weighted by molar-refractivity contribution is 7.80. The van der Waals surface area contributed by atoms with Gasteiger partial charge in [-0.15, -0.1) is 0 Å². The molecule has 0 aliphatic rings. The molecule has 3 rings (SSSR count). The van der Waals surface area contributed by atoms with Crippen molar-refractivity contribution in [2.24, 2.45) is 0 Å². The Labute approximate surface area is 210 Å². The summed E-state index contributed by atoms with van der Waals surface area (Å²) in [5, 5.41) is 7.13. The van der Waals surface area contributed by atoms with Gasteiger partial charge in [-0.3, -0.25) is 24.4 Å². The number of hydrogen-bond acceptors (Lipinski definition) is 6. The van der Waals surface area contributed by atoms with E-state index in [9.17, 15) is 9.59 Å². The van der Waals surface area contributed by atoms with E-state index in [2.05, 4.69) is 15.6 Å². The second kappa shape index (κ2) is 12.6. The third-order valence-electron chi connectivity index (χ3n) is 4.87. The Morgan fingerprint density at radius 3 is 2.54 bits per heavy atom. The maximum absolute atomic E-state index is 12.4. The van der Waals surface area contributed by atoms with E-state index >= 15 is 0 Å². The maximum atomic E-state index is 12.4. The first-order chi connectivity index (χ1) is 16.8. The molecule has 182 valence electrons. The molecule has 2 N–H and O–H groups in total. The molecule has 2 aromatic carbocycles. The molecule has 0 aliphatic carbocycles. The Hall–Kier alpha value is -3.82. The van der Waals surface area contributed by atoms with Crippen LogP contribution in [0.15, 0.2) is 72.9 Å². The second-order valence-electron chi connectivity index (χ2n) is 8.09. The number of ether oxygens (including phenoxy) is 1. The predicted octanol–water partition coefficient (Wildman–Crippen LogP) is 3.15. The van der Waals surface area contributed by atoms with Crippen LogP contribution in [0.4, 0.5) is 5.69 Å². The summed E-state index contributed by atoms with van der Waals surface area (Å²) < 4.78 is 5.48. The van der Waals surface area contributed by atoms with Gasteiger partial charge in [0.15, 0.2) is 11.8 Å². The fraction of sp³-hybridized carbons (Fsp3) is 0.231. The number of carbonyl (C=O) groups is 2. The van der Waals surface area contributed by atoms with E-state index in [4.69, 9.17) is 17.0 Å². The third-order valence-corrected chi connectivity index (χ3v) is 5.21. The van der Waals surface area contributed by atoms with Gasteiger partial charge in [-0.1, -0.05) is 48.5 Å². The number of carbonyl (C=O) groups excluding carboxylic acids is 2. The molecule has 0 radical (unpaired) electrons. The number of para-hydroxylation sites is 1. The summed E-state index contributed by atoms with van der Waals surface area (Å²) in [5.74, 6) is -0.657. The first-order valence-electron chi connectivity index (χ1n) is 11.1. The summed E-state index contributed by atoms with van der Waals surface area (Å²) in [6.07, 6.45) is 4.41. The van der Waals surface area contributed by atoms with Gasteiger partial charge in [-0.25, -0.2) is 0 Å². The van der Waals surface area contributed by atoms with E-state index in [0.29, 0.717) is 11.2 Å². The lowest BCUT2D eigenvalue weighted by molar-refractivity contribution is -0.143. The molecule has 35 heavy (non-hydrogen) atoms. The molecule has 1 atom stereocenters. The molecule has 0 saturated carbocycles. The van der Waals surface area contributed by atoms with Crippen LogP contribution in [0.1, 0.15) is 12.5 Å². The molecule has 8 nitrogen and oxygen atoms in total. The van der Waals surface area contributed by atoms with Gasteiger partial charge in [0.1, 0.15) is 0 Å². The lowest BCUT2D eigenvalue weighted by Crippen LogP contribution is -2.51. The van der Waals surface area contributed by atoms with E-state index in [1.54, 1.807) is 43.1 Å². The summed E-state index contributed by atoms with van der Waals surface area (Å²) >= 11 is 5.65. The highest BCUT2D eigenvalue weighted by Gasteiger charge is 2.19. The van der Waals surface area contributed by atoms with Crippen molar-refractivity contribution in [2.45, 2.75) is 13.1 Å². The van der Waals surface area contributed by atoms with Crippen molar-refractivity contribution in [1.82, 2.24) is 20.5 Å². The number of likely N-dealkylation sites (N-methyl/N-ethyl adjacent to an activating group) is 1. The average molecular weight is 492 g/mol. The summed E-state index contributed by atoms with van der Waals surface area (Å²) in [7, 11) is 3.58. The van der Waals surface area contributed by atoms with Crippen LogP contribution in [0.25, 0.3) is 17.0 Å². The molecule has 3 aromatic rings. The number of amides is 1. The minimum Gasteiger partial charge on any atom is -0.443 e. The molecule has 9 heteroatoms. The van der Waals surface area contributed by atoms with Crippen molar-refractivity contribution in [3.8, 4) is 0 Å². The van der Waals surface area contributed by atoms with E-state index in [1.807, 2.05) is 60.7 Å². The lowest BCUT2D eigenvalue weighted by Gasteiger charge is -2.28. The zero-order valence-electron chi connectivity index (χ0n) is 20.0. The Kier molecular flexibility index (Phi) is 9.28. The van der Waals surface area contributed by atoms with Crippen molar-refractivity contribution >= 4 is 51.9 Å². The Bertz CT molecular complexity index is 1190. The number of aromatic nitrogens is 1. The predicted molar refractivity (Wildman–Crippen MR) is 143 cm³/mol. The number of rotatable bonds is 9. The molecule has 1 heterocycles. The molecular formula is C26H29N5O3S. The van der Waals surface area contributed by atoms with E-state index in [0.717, 1.165) is 10.9 Å². The standard InChI is InChI=1S/C26H29N5O3S/c1-19(28-23(32)15-14-20-9-5-4-6-10-20)29-26(35)31(18-34-24(33)17-30(2)3)22-13-7-11-21-12-8-16-27-25(21)22/h4-16,19H,17-18H2,1-3H3,(H,28,32)(H,29,35)/b15-14+. The number of anilines is 1. The summed E-state index contributed by atoms with van der Waals surface area (Å²) in [6, 6.07) is 19.0. The van der Waals surface area contributed by atoms with Crippen molar-refractivity contribution in [1.29, 1.82) is 0 Å². The van der Waals surface area contributed by atoms with E-state index < -0.39 is 6.17 Å². The van der Waals surface area contributed by atoms with Crippen LogP contribution >= 0.6 is 12.2 Å². The zero-order valence-corrected chi connectivity index (χ0v) is 20.8. The van der Waals surface area contributed by atoms with Crippen molar-refractivity contribution in [3.63, 3.8) is 0 Å². The minimum absolute atomic E-state index is 0.108. The van der Waals surface area contributed by atoms with Gasteiger partial charge in [0.2, 0.25) is 5.91 Å². The number of hydrogen-bond donors (Lipinski definition) is 2. The normalized spacial score (nSPS) is 11.9. The van der Waals surface area contributed by atoms with Crippen LogP contribution in [-0.2, 0) is 14.3 Å². The number of nitrogens with one attached hydrogen (secondary N) is 2. The average Bonchev–Trinajstić information content (AvgIpc) is 2.83. The molecule has 0 bridgehead atoms. The Morgan fingerprint density at radius 2 is 1.80 bits per heavy atom. The molecule has 1 aromatic heterocycles. The highest BCUT2D eigenvalue weighted by Crippen LogP contribution is 2.25. The molecule has 1 amide bonds. The van der Waals surface area contributed by atoms with E-state index in [-0.39, 0.29) is 30.3 Å². The molecule has 0 fully saturated rings. The van der Waals surface area contributed by atoms with Crippen LogP contribution in [-0.4, -0.2) is 60.4 Å². The molecule has 1 unspecified atom stereocenters. The largest absolute Gasteiger partial charge is 0.443 e. The van der Waals surface area contributed by atoms with Crippen LogP contribution in [0, 0.1) is 0 Å². The number of thiocarbonyl (C=S) groups is 1. The lowest BCUT2D eigenvalue weighted by atomic mass is 10.2. The van der Waals surface area contributed by atoms with Crippen LogP contribution < -0.4 is 15.5 Å². The highest BCUT2D eigenvalue weighted by atomic mass is 32.1. The number of nitrogens with zero attached hydrogens (tertiary/aromatic N) is 3. The van der Waals surface area contributed by atoms with Gasteiger partial charge >= 0.3 is 5.97 Å². The maximum Gasteiger partial charge on any atom is 0.321 e. The fourth-order valence-corrected chi connectivity index (χ4v) is 3.61. The third kappa shape index (κ3) is 7.87. The van der Waals surface area contributed by atoms with Crippen LogP contribution in [0.5, 0.6) is 0 Å². The van der Waals surface area contributed by atoms with Crippen LogP contribution in [0.2, 0.25) is 0 Å². The summed E-state index contributed by atoms with van der Waals surface area (Å²) in [4.78, 5) is 32.4. The van der Waals surface area contributed by atoms with Gasteiger partial charge in [-0.2, -0.15) is 0 Å². The van der Waals surface area contributed by atoms with Gasteiger partial charge < -0.3 is 15.4 Å². The molecular weight excluding hydrogens is 462 g/mol. The topological polar surface area (TPSA) is 86.8 Å². The van der Waals surface area contributed by atoms with Crippen molar-refractivity contribution in [3.05, 3.63) is 78.5 Å². The van der Waals surface area contributed by atoms with E-state index in [1.165, 1.54) is 6.08 Å². The van der Waals surface area contributed by atoms with Crippen molar-refractivity contribution < 1.29 is 14.3 Å². The van der Waals surface area contributed by atoms with Gasteiger partial charge in [0.25, 0.3) is 0 Å². The van der Waals surface area contributed by atoms with Crippen LogP contribution in [0.3, 0.4) is 0 Å². The first kappa shape index (κ1) is 25.8. The Morgan fingerprint density at radius 1 is 1.06 bits per heavy atom. The monoisotopic (exact) mass is 491 g/mol. The SMILES string of the molecule is CC(NC(=O)/C=C/c1ccccc1)NC(=S)N(COC(=O)CN(C)C)c1cccc2cccnc12. The first-order valence-corrected chi connectivity index (χ1v) is 11.5. The Balaban J connectivity index is 1.72. The number of fused-ring (bicyclic) bond motifs is 1. The van der Waals surface area contributed by atoms with Gasteiger partial charge in [0, 0.05) is 17.7 Å². The quantitative estimate of drug-likeness (QED) is 0.204. The second-order valence-corrected chi connectivity index (χ2v) is 8.47. The number of esters is 1. The zero-order chi connectivity index (χ0) is 25.2. The summed E-state index contributed by atoms with van der Waals surface area (Å²) in [6.45, 7) is 1.81. The number of benzene rings is 2. The smallest absolute Gasteiger partial charge is 0.321 e. The summed E-state index contributed by atoms with van der Waals surface area (Å²) in [5.41, 5.74) is 2.32. The molecule has 0 spiro atoms. The van der Waals surface area contributed by atoms with Gasteiger partial charge in [0.05, 0.1) is 23.9 Å². The fourth-order valence-electron chi connectivity index (χ4n) is 3.28. The van der Waals surface area contributed by atoms with Gasteiger partial charge in [-0.05, 0) is 57.0 Å². The molecule has 0 saturated heterocycles. The molecule has 0 aliphatic heterocycles. The minimum atomic E-state index is -0.488.